The van der Waals surface area contributed by atoms with Crippen molar-refractivity contribution in [2.75, 3.05) is 4.72 Å². The molecule has 3 N–H and O–H groups in total. The van der Waals surface area contributed by atoms with Crippen molar-refractivity contribution in [1.29, 1.82) is 0 Å². The van der Waals surface area contributed by atoms with E-state index in [0.717, 1.165) is 16.9 Å². The maximum absolute atomic E-state index is 12.1. The van der Waals surface area contributed by atoms with Gasteiger partial charge in [0.05, 0.1) is 0 Å². The first-order chi connectivity index (χ1) is 11.9. The highest BCUT2D eigenvalue weighted by atomic mass is 35.5. The summed E-state index contributed by atoms with van der Waals surface area (Å²) < 4.78 is 26.9. The molecule has 0 radical (unpaired) electrons. The molecular formula is C16H14ClN3O3S2. The summed E-state index contributed by atoms with van der Waals surface area (Å²) >= 11 is 6.93. The Morgan fingerprint density at radius 3 is 2.56 bits per heavy atom. The van der Waals surface area contributed by atoms with Crippen molar-refractivity contribution in [3.05, 3.63) is 70.2 Å². The lowest BCUT2D eigenvalue weighted by Crippen LogP contribution is -2.23. The van der Waals surface area contributed by atoms with Crippen molar-refractivity contribution < 1.29 is 13.2 Å². The maximum Gasteiger partial charge on any atom is 0.272 e. The van der Waals surface area contributed by atoms with Gasteiger partial charge in [-0.25, -0.2) is 8.42 Å². The molecule has 6 nitrogen and oxygen atoms in total. The molecule has 130 valence electrons. The Bertz CT molecular complexity index is 964. The van der Waals surface area contributed by atoms with E-state index >= 15 is 0 Å². The summed E-state index contributed by atoms with van der Waals surface area (Å²) in [4.78, 5) is 14.9. The molecule has 0 aliphatic heterocycles. The molecule has 0 atom stereocenters. The largest absolute Gasteiger partial charge is 0.347 e. The van der Waals surface area contributed by atoms with Crippen LogP contribution in [0.1, 0.15) is 16.1 Å². The van der Waals surface area contributed by atoms with Crippen LogP contribution in [-0.2, 0) is 16.6 Å². The number of carbonyl (C=O) groups is 1. The molecule has 3 rings (SSSR count). The number of halogens is 1. The number of carbonyl (C=O) groups excluding carboxylic acids is 1. The molecule has 1 aromatic carbocycles. The Morgan fingerprint density at radius 1 is 1.12 bits per heavy atom. The van der Waals surface area contributed by atoms with Gasteiger partial charge >= 0.3 is 0 Å². The van der Waals surface area contributed by atoms with Crippen LogP contribution in [0.25, 0.3) is 0 Å². The van der Waals surface area contributed by atoms with E-state index in [2.05, 4.69) is 15.0 Å². The number of aromatic nitrogens is 1. The van der Waals surface area contributed by atoms with Gasteiger partial charge in [-0.2, -0.15) is 0 Å². The number of H-pyrrole nitrogens is 1. The first kappa shape index (κ1) is 17.5. The van der Waals surface area contributed by atoms with Gasteiger partial charge in [0.2, 0.25) is 0 Å². The van der Waals surface area contributed by atoms with Gasteiger partial charge in [-0.15, -0.1) is 11.3 Å². The summed E-state index contributed by atoms with van der Waals surface area (Å²) in [5, 5.41) is 5.06. The zero-order valence-corrected chi connectivity index (χ0v) is 15.2. The number of thiophene rings is 1. The van der Waals surface area contributed by atoms with Gasteiger partial charge in [0.15, 0.2) is 0 Å². The SMILES string of the molecule is O=C(NCc1ccc(Cl)cc1)c1ccc(NS(=O)(=O)c2cccs2)[nH]1. The maximum atomic E-state index is 12.1. The van der Waals surface area contributed by atoms with E-state index < -0.39 is 10.0 Å². The van der Waals surface area contributed by atoms with Crippen molar-refractivity contribution in [3.63, 3.8) is 0 Å². The van der Waals surface area contributed by atoms with E-state index in [1.54, 1.807) is 23.6 Å². The Labute approximate surface area is 153 Å². The number of hydrogen-bond donors (Lipinski definition) is 3. The second-order valence-corrected chi connectivity index (χ2v) is 8.43. The van der Waals surface area contributed by atoms with Crippen LogP contribution in [0, 0.1) is 0 Å². The van der Waals surface area contributed by atoms with Crippen LogP contribution in [0.4, 0.5) is 5.82 Å². The molecule has 0 fully saturated rings. The number of rotatable bonds is 6. The van der Waals surface area contributed by atoms with Gasteiger partial charge in [0.1, 0.15) is 15.7 Å². The zero-order chi connectivity index (χ0) is 17.9. The zero-order valence-electron chi connectivity index (χ0n) is 12.8. The molecule has 25 heavy (non-hydrogen) atoms. The first-order valence-corrected chi connectivity index (χ1v) is 9.96. The number of benzene rings is 1. The predicted molar refractivity (Wildman–Crippen MR) is 98.5 cm³/mol. The Kier molecular flexibility index (Phi) is 5.12. The number of aromatic amines is 1. The molecule has 1 amide bonds. The van der Waals surface area contributed by atoms with Gasteiger partial charge < -0.3 is 10.3 Å². The van der Waals surface area contributed by atoms with Gasteiger partial charge in [-0.3, -0.25) is 9.52 Å². The van der Waals surface area contributed by atoms with Gasteiger partial charge in [-0.1, -0.05) is 29.8 Å². The van der Waals surface area contributed by atoms with Crippen molar-refractivity contribution in [1.82, 2.24) is 10.3 Å². The molecule has 2 aromatic heterocycles. The lowest BCUT2D eigenvalue weighted by Gasteiger charge is -2.05. The third-order valence-electron chi connectivity index (χ3n) is 3.30. The first-order valence-electron chi connectivity index (χ1n) is 7.22. The molecule has 0 aliphatic carbocycles. The van der Waals surface area contributed by atoms with Gasteiger partial charge in [0, 0.05) is 11.6 Å². The predicted octanol–water partition coefficient (Wildman–Crippen LogP) is 3.46. The normalized spacial score (nSPS) is 11.2. The van der Waals surface area contributed by atoms with Crippen LogP contribution in [0.3, 0.4) is 0 Å². The fraction of sp³-hybridized carbons (Fsp3) is 0.0625. The lowest BCUT2D eigenvalue weighted by molar-refractivity contribution is 0.0946. The second kappa shape index (κ2) is 7.30. The van der Waals surface area contributed by atoms with Crippen molar-refractivity contribution >= 4 is 44.7 Å². The number of nitrogens with one attached hydrogen (secondary N) is 3. The fourth-order valence-corrected chi connectivity index (χ4v) is 4.22. The third-order valence-corrected chi connectivity index (χ3v) is 6.32. The van der Waals surface area contributed by atoms with Crippen molar-refractivity contribution in [2.24, 2.45) is 0 Å². The van der Waals surface area contributed by atoms with Crippen LogP contribution in [-0.4, -0.2) is 19.3 Å². The summed E-state index contributed by atoms with van der Waals surface area (Å²) in [5.74, 6) is -0.110. The third kappa shape index (κ3) is 4.41. The molecule has 0 spiro atoms. The lowest BCUT2D eigenvalue weighted by atomic mass is 10.2. The summed E-state index contributed by atoms with van der Waals surface area (Å²) in [5.41, 5.74) is 1.17. The standard InChI is InChI=1S/C16H14ClN3O3S2/c17-12-5-3-11(4-6-12)10-18-16(21)13-7-8-14(19-13)20-25(22,23)15-2-1-9-24-15/h1-9,19-20H,10H2,(H,18,21). The van der Waals surface area contributed by atoms with E-state index in [0.29, 0.717) is 11.6 Å². The van der Waals surface area contributed by atoms with Gasteiger partial charge in [0.25, 0.3) is 15.9 Å². The molecule has 3 aromatic rings. The molecule has 0 unspecified atom stereocenters. The second-order valence-electron chi connectivity index (χ2n) is 5.13. The highest BCUT2D eigenvalue weighted by molar-refractivity contribution is 7.94. The number of anilines is 1. The number of sulfonamides is 1. The highest BCUT2D eigenvalue weighted by Crippen LogP contribution is 2.19. The van der Waals surface area contributed by atoms with Crippen LogP contribution < -0.4 is 10.0 Å². The molecule has 0 saturated carbocycles. The van der Waals surface area contributed by atoms with E-state index in [-0.39, 0.29) is 21.6 Å². The van der Waals surface area contributed by atoms with E-state index in [1.165, 1.54) is 18.2 Å². The summed E-state index contributed by atoms with van der Waals surface area (Å²) in [7, 11) is -3.65. The average molecular weight is 396 g/mol. The van der Waals surface area contributed by atoms with Crippen LogP contribution in [0.5, 0.6) is 0 Å². The molecule has 0 aliphatic rings. The van der Waals surface area contributed by atoms with Crippen molar-refractivity contribution in [2.45, 2.75) is 10.8 Å². The Hall–Kier alpha value is -2.29. The van der Waals surface area contributed by atoms with E-state index in [4.69, 9.17) is 11.6 Å². The fourth-order valence-electron chi connectivity index (χ4n) is 2.08. The molecule has 9 heteroatoms. The topological polar surface area (TPSA) is 91.1 Å². The minimum atomic E-state index is -3.65. The minimum Gasteiger partial charge on any atom is -0.347 e. The summed E-state index contributed by atoms with van der Waals surface area (Å²) in [6, 6.07) is 13.3. The average Bonchev–Trinajstić information content (AvgIpc) is 3.25. The highest BCUT2D eigenvalue weighted by Gasteiger charge is 2.17. The van der Waals surface area contributed by atoms with Crippen LogP contribution >= 0.6 is 22.9 Å². The van der Waals surface area contributed by atoms with Gasteiger partial charge in [-0.05, 0) is 41.3 Å². The Balaban J connectivity index is 1.62. The van der Waals surface area contributed by atoms with Crippen LogP contribution in [0.15, 0.2) is 58.1 Å². The van der Waals surface area contributed by atoms with Crippen LogP contribution in [0.2, 0.25) is 5.02 Å². The number of hydrogen-bond acceptors (Lipinski definition) is 4. The quantitative estimate of drug-likeness (QED) is 0.596. The molecule has 0 saturated heterocycles. The smallest absolute Gasteiger partial charge is 0.272 e. The molecule has 0 bridgehead atoms. The van der Waals surface area contributed by atoms with E-state index in [1.807, 2.05) is 12.1 Å². The number of amides is 1. The molecule has 2 heterocycles. The minimum absolute atomic E-state index is 0.204. The Morgan fingerprint density at radius 2 is 1.88 bits per heavy atom. The van der Waals surface area contributed by atoms with Crippen molar-refractivity contribution in [3.8, 4) is 0 Å². The van der Waals surface area contributed by atoms with E-state index in [9.17, 15) is 13.2 Å². The monoisotopic (exact) mass is 395 g/mol. The summed E-state index contributed by atoms with van der Waals surface area (Å²) in [6.45, 7) is 0.339. The molecular weight excluding hydrogens is 382 g/mol. The summed E-state index contributed by atoms with van der Waals surface area (Å²) in [6.07, 6.45) is 0.